The lowest BCUT2D eigenvalue weighted by Gasteiger charge is -2.15. The Morgan fingerprint density at radius 2 is 2.00 bits per heavy atom. The van der Waals surface area contributed by atoms with Crippen molar-refractivity contribution in [3.63, 3.8) is 0 Å². The summed E-state index contributed by atoms with van der Waals surface area (Å²) in [7, 11) is -2.38. The average Bonchev–Trinajstić information content (AvgIpc) is 3.02. The fourth-order valence-corrected chi connectivity index (χ4v) is 4.42. The van der Waals surface area contributed by atoms with Crippen LogP contribution in [0.2, 0.25) is 0 Å². The minimum Gasteiger partial charge on any atom is -0.482 e. The predicted octanol–water partition coefficient (Wildman–Crippen LogP) is 2.51. The van der Waals surface area contributed by atoms with Gasteiger partial charge in [-0.05, 0) is 54.7 Å². The molecule has 3 rings (SSSR count). The van der Waals surface area contributed by atoms with Crippen LogP contribution in [0.3, 0.4) is 0 Å². The van der Waals surface area contributed by atoms with Crippen molar-refractivity contribution in [3.8, 4) is 5.75 Å². The van der Waals surface area contributed by atoms with Gasteiger partial charge in [-0.15, -0.1) is 0 Å². The van der Waals surface area contributed by atoms with E-state index < -0.39 is 16.0 Å². The second kappa shape index (κ2) is 7.47. The van der Waals surface area contributed by atoms with Crippen molar-refractivity contribution in [1.29, 1.82) is 0 Å². The Balaban J connectivity index is 1.76. The second-order valence-corrected chi connectivity index (χ2v) is 7.92. The molecule has 138 valence electrons. The Kier molecular flexibility index (Phi) is 5.29. The molecule has 0 bridgehead atoms. The molecule has 1 aliphatic rings. The molecule has 0 heterocycles. The third-order valence-electron chi connectivity index (χ3n) is 4.46. The summed E-state index contributed by atoms with van der Waals surface area (Å²) in [5.74, 6) is -0.0526. The molecule has 0 aliphatic heterocycles. The van der Waals surface area contributed by atoms with E-state index in [0.717, 1.165) is 18.4 Å². The van der Waals surface area contributed by atoms with Crippen molar-refractivity contribution in [3.05, 3.63) is 59.2 Å². The Morgan fingerprint density at radius 3 is 2.73 bits per heavy atom. The second-order valence-electron chi connectivity index (χ2n) is 6.20. The number of methoxy groups -OCH3 is 1. The molecule has 2 aromatic carbocycles. The van der Waals surface area contributed by atoms with Gasteiger partial charge in [0.25, 0.3) is 0 Å². The lowest BCUT2D eigenvalue weighted by Crippen LogP contribution is -2.27. The number of ether oxygens (including phenoxy) is 2. The summed E-state index contributed by atoms with van der Waals surface area (Å²) in [6.45, 7) is 1.51. The number of benzene rings is 2. The first kappa shape index (κ1) is 18.4. The molecule has 0 aromatic heterocycles. The van der Waals surface area contributed by atoms with Crippen LogP contribution in [0.4, 0.5) is 0 Å². The van der Waals surface area contributed by atoms with Crippen molar-refractivity contribution in [2.24, 2.45) is 0 Å². The number of carbonyl (C=O) groups excluding carboxylic acids is 1. The van der Waals surface area contributed by atoms with Crippen LogP contribution in [-0.2, 0) is 26.0 Å². The zero-order valence-corrected chi connectivity index (χ0v) is 15.5. The lowest BCUT2D eigenvalue weighted by atomic mass is 10.1. The van der Waals surface area contributed by atoms with Gasteiger partial charge in [0.1, 0.15) is 5.75 Å². The zero-order valence-electron chi connectivity index (χ0n) is 14.7. The summed E-state index contributed by atoms with van der Waals surface area (Å²) in [5, 5.41) is 0. The van der Waals surface area contributed by atoms with Gasteiger partial charge in [-0.1, -0.05) is 24.3 Å². The third kappa shape index (κ3) is 3.89. The smallest absolute Gasteiger partial charge is 0.343 e. The van der Waals surface area contributed by atoms with E-state index in [1.165, 1.54) is 24.8 Å². The van der Waals surface area contributed by atoms with E-state index in [0.29, 0.717) is 11.3 Å². The average molecular weight is 375 g/mol. The highest BCUT2D eigenvalue weighted by Gasteiger charge is 2.27. The van der Waals surface area contributed by atoms with Crippen molar-refractivity contribution < 1.29 is 22.7 Å². The van der Waals surface area contributed by atoms with E-state index in [4.69, 9.17) is 4.74 Å². The lowest BCUT2D eigenvalue weighted by molar-refractivity contribution is -0.142. The molecule has 26 heavy (non-hydrogen) atoms. The first-order chi connectivity index (χ1) is 12.4. The number of nitrogens with one attached hydrogen (secondary N) is 1. The molecule has 1 aliphatic carbocycles. The summed E-state index contributed by atoms with van der Waals surface area (Å²) in [5.41, 5.74) is 2.84. The molecule has 0 amide bonds. The molecule has 6 nitrogen and oxygen atoms in total. The predicted molar refractivity (Wildman–Crippen MR) is 96.5 cm³/mol. The molecule has 1 N–H and O–H groups in total. The summed E-state index contributed by atoms with van der Waals surface area (Å²) < 4.78 is 38.2. The maximum absolute atomic E-state index is 12.7. The number of hydrogen-bond acceptors (Lipinski definition) is 5. The molecule has 0 fully saturated rings. The minimum atomic E-state index is -3.66. The number of carbonyl (C=O) groups is 1. The van der Waals surface area contributed by atoms with Gasteiger partial charge in [0, 0.05) is 6.04 Å². The normalized spacial score (nSPS) is 16.2. The molecule has 1 atom stereocenters. The van der Waals surface area contributed by atoms with Crippen LogP contribution in [0.5, 0.6) is 5.75 Å². The summed E-state index contributed by atoms with van der Waals surface area (Å²) in [4.78, 5) is 11.3. The quantitative estimate of drug-likeness (QED) is 0.785. The van der Waals surface area contributed by atoms with Gasteiger partial charge >= 0.3 is 5.97 Å². The van der Waals surface area contributed by atoms with Gasteiger partial charge in [0.15, 0.2) is 6.61 Å². The highest BCUT2D eigenvalue weighted by atomic mass is 32.2. The van der Waals surface area contributed by atoms with Crippen molar-refractivity contribution in [2.75, 3.05) is 13.7 Å². The SMILES string of the molecule is COC(=O)COc1ccc(S(=O)(=O)NC2CCc3ccccc32)cc1C. The zero-order chi connectivity index (χ0) is 18.7. The molecule has 7 heteroatoms. The summed E-state index contributed by atoms with van der Waals surface area (Å²) in [6.07, 6.45) is 1.61. The van der Waals surface area contributed by atoms with Crippen LogP contribution in [0, 0.1) is 6.92 Å². The van der Waals surface area contributed by atoms with Crippen molar-refractivity contribution in [2.45, 2.75) is 30.7 Å². The summed E-state index contributed by atoms with van der Waals surface area (Å²) >= 11 is 0. The monoisotopic (exact) mass is 375 g/mol. The van der Waals surface area contributed by atoms with Gasteiger partial charge in [-0.25, -0.2) is 17.9 Å². The fourth-order valence-electron chi connectivity index (χ4n) is 3.08. The number of rotatable bonds is 6. The molecular formula is C19H21NO5S. The fraction of sp³-hybridized carbons (Fsp3) is 0.316. The van der Waals surface area contributed by atoms with Gasteiger partial charge < -0.3 is 9.47 Å². The van der Waals surface area contributed by atoms with Crippen LogP contribution >= 0.6 is 0 Å². The Bertz CT molecular complexity index is 923. The molecule has 0 saturated carbocycles. The van der Waals surface area contributed by atoms with Gasteiger partial charge in [-0.3, -0.25) is 0 Å². The van der Waals surface area contributed by atoms with Crippen LogP contribution in [-0.4, -0.2) is 28.1 Å². The maximum Gasteiger partial charge on any atom is 0.343 e. The number of esters is 1. The molecular weight excluding hydrogens is 354 g/mol. The van der Waals surface area contributed by atoms with Crippen LogP contribution in [0.25, 0.3) is 0 Å². The molecule has 1 unspecified atom stereocenters. The van der Waals surface area contributed by atoms with Gasteiger partial charge in [-0.2, -0.15) is 0 Å². The van der Waals surface area contributed by atoms with Crippen molar-refractivity contribution >= 4 is 16.0 Å². The maximum atomic E-state index is 12.7. The topological polar surface area (TPSA) is 81.7 Å². The van der Waals surface area contributed by atoms with Crippen molar-refractivity contribution in [1.82, 2.24) is 4.72 Å². The van der Waals surface area contributed by atoms with Crippen LogP contribution in [0.15, 0.2) is 47.4 Å². The highest BCUT2D eigenvalue weighted by Crippen LogP contribution is 2.32. The number of hydrogen-bond donors (Lipinski definition) is 1. The van der Waals surface area contributed by atoms with Gasteiger partial charge in [0.2, 0.25) is 10.0 Å². The minimum absolute atomic E-state index is 0.171. The Labute approximate surface area is 153 Å². The van der Waals surface area contributed by atoms with E-state index >= 15 is 0 Å². The number of sulfonamides is 1. The molecule has 0 radical (unpaired) electrons. The number of fused-ring (bicyclic) bond motifs is 1. The molecule has 0 saturated heterocycles. The van der Waals surface area contributed by atoms with E-state index in [2.05, 4.69) is 9.46 Å². The third-order valence-corrected chi connectivity index (χ3v) is 5.93. The largest absolute Gasteiger partial charge is 0.482 e. The molecule has 2 aromatic rings. The number of aryl methyl sites for hydroxylation is 2. The first-order valence-electron chi connectivity index (χ1n) is 8.31. The van der Waals surface area contributed by atoms with E-state index in [-0.39, 0.29) is 17.5 Å². The Morgan fingerprint density at radius 1 is 1.23 bits per heavy atom. The van der Waals surface area contributed by atoms with E-state index in [1.807, 2.05) is 24.3 Å². The van der Waals surface area contributed by atoms with Crippen LogP contribution < -0.4 is 9.46 Å². The first-order valence-corrected chi connectivity index (χ1v) is 9.79. The highest BCUT2D eigenvalue weighted by molar-refractivity contribution is 7.89. The Hall–Kier alpha value is -2.38. The standard InChI is InChI=1S/C19H21NO5S/c1-13-11-15(8-10-18(13)25-12-19(21)24-2)26(22,23)20-17-9-7-14-5-3-4-6-16(14)17/h3-6,8,10-11,17,20H,7,9,12H2,1-2H3. The van der Waals surface area contributed by atoms with Gasteiger partial charge in [0.05, 0.1) is 12.0 Å². The van der Waals surface area contributed by atoms with Crippen LogP contribution in [0.1, 0.15) is 29.2 Å². The molecule has 0 spiro atoms. The summed E-state index contributed by atoms with van der Waals surface area (Å²) in [6, 6.07) is 12.2. The van der Waals surface area contributed by atoms with E-state index in [1.54, 1.807) is 13.0 Å². The van der Waals surface area contributed by atoms with E-state index in [9.17, 15) is 13.2 Å².